The smallest absolute Gasteiger partial charge is 0.203 e. The molecule has 0 bridgehead atoms. The number of benzene rings is 3. The van der Waals surface area contributed by atoms with Crippen LogP contribution in [0.3, 0.4) is 0 Å². The third kappa shape index (κ3) is 5.67. The van der Waals surface area contributed by atoms with Crippen LogP contribution >= 0.6 is 0 Å². The maximum Gasteiger partial charge on any atom is 0.203 e. The van der Waals surface area contributed by atoms with E-state index in [-0.39, 0.29) is 5.78 Å². The molecule has 0 saturated carbocycles. The lowest BCUT2D eigenvalue weighted by atomic mass is 10.1. The van der Waals surface area contributed by atoms with Gasteiger partial charge in [-0.15, -0.1) is 0 Å². The van der Waals surface area contributed by atoms with E-state index >= 15 is 0 Å². The summed E-state index contributed by atoms with van der Waals surface area (Å²) in [5, 5.41) is 4.86. The Morgan fingerprint density at radius 1 is 0.674 bits per heavy atom. The molecule has 10 heteroatoms. The van der Waals surface area contributed by atoms with Crippen LogP contribution in [0.25, 0.3) is 34.2 Å². The Labute approximate surface area is 249 Å². The van der Waals surface area contributed by atoms with Gasteiger partial charge in [0.2, 0.25) is 11.5 Å². The van der Waals surface area contributed by atoms with Crippen molar-refractivity contribution in [1.29, 1.82) is 0 Å². The largest absolute Gasteiger partial charge is 0.493 e. The molecule has 2 heterocycles. The average molecular weight is 582 g/mol. The molecule has 220 valence electrons. The van der Waals surface area contributed by atoms with E-state index in [1.54, 1.807) is 44.1 Å². The lowest BCUT2D eigenvalue weighted by molar-refractivity contribution is 0.104. The minimum absolute atomic E-state index is 0.270. The van der Waals surface area contributed by atoms with Gasteiger partial charge in [0, 0.05) is 22.8 Å². The molecule has 0 N–H and O–H groups in total. The zero-order valence-corrected chi connectivity index (χ0v) is 24.7. The van der Waals surface area contributed by atoms with Crippen LogP contribution in [-0.2, 0) is 0 Å². The van der Waals surface area contributed by atoms with Gasteiger partial charge in [-0.25, -0.2) is 9.50 Å². The molecule has 5 aromatic rings. The van der Waals surface area contributed by atoms with Crippen LogP contribution in [0.4, 0.5) is 0 Å². The van der Waals surface area contributed by atoms with Gasteiger partial charge >= 0.3 is 0 Å². The quantitative estimate of drug-likeness (QED) is 0.137. The second-order valence-corrected chi connectivity index (χ2v) is 9.26. The second kappa shape index (κ2) is 12.6. The molecule has 5 rings (SSSR count). The summed E-state index contributed by atoms with van der Waals surface area (Å²) in [7, 11) is 9.19. The first-order valence-corrected chi connectivity index (χ1v) is 13.2. The number of carbonyl (C=O) groups is 1. The minimum Gasteiger partial charge on any atom is -0.493 e. The number of methoxy groups -OCH3 is 6. The fraction of sp³-hybridized carbons (Fsp3) is 0.182. The summed E-state index contributed by atoms with van der Waals surface area (Å²) in [6.07, 6.45) is 3.11. The van der Waals surface area contributed by atoms with Gasteiger partial charge in [0.05, 0.1) is 59.7 Å². The molecule has 0 aliphatic heterocycles. The van der Waals surface area contributed by atoms with E-state index in [2.05, 4.69) is 0 Å². The number of allylic oxidation sites excluding steroid dienone is 1. The molecule has 0 aliphatic carbocycles. The zero-order chi connectivity index (χ0) is 30.5. The molecule has 0 radical (unpaired) electrons. The zero-order valence-electron chi connectivity index (χ0n) is 24.7. The highest BCUT2D eigenvalue weighted by Gasteiger charge is 2.19. The lowest BCUT2D eigenvalue weighted by Crippen LogP contribution is -2.02. The second-order valence-electron chi connectivity index (χ2n) is 9.26. The molecule has 0 spiro atoms. The third-order valence-electron chi connectivity index (χ3n) is 6.83. The van der Waals surface area contributed by atoms with Gasteiger partial charge in [-0.2, -0.15) is 5.10 Å². The first kappa shape index (κ1) is 29.0. The van der Waals surface area contributed by atoms with Crippen molar-refractivity contribution in [3.05, 3.63) is 84.1 Å². The SMILES string of the molecule is COc1cc(C(=O)/C=C/c2cc(-c3cc(OC)c(OC)c(OC)c3)n3nc(-c4ccccc4)cc3n2)cc(OC)c1OC. The van der Waals surface area contributed by atoms with E-state index in [1.165, 1.54) is 27.4 Å². The summed E-state index contributed by atoms with van der Waals surface area (Å²) >= 11 is 0. The number of fused-ring (bicyclic) bond motifs is 1. The normalized spacial score (nSPS) is 11.0. The molecule has 2 aromatic heterocycles. The van der Waals surface area contributed by atoms with Gasteiger partial charge in [-0.05, 0) is 42.5 Å². The van der Waals surface area contributed by atoms with Crippen molar-refractivity contribution in [2.75, 3.05) is 42.7 Å². The standard InChI is InChI=1S/C33H31N3O7/c1-38-27-14-21(15-28(39-2)32(27)42-5)25-18-23(34-31-19-24(35-36(25)31)20-10-8-7-9-11-20)12-13-26(37)22-16-29(40-3)33(43-6)30(17-22)41-4/h7-19H,1-6H3/b13-12+. The van der Waals surface area contributed by atoms with Crippen LogP contribution in [0.5, 0.6) is 34.5 Å². The number of ketones is 1. The fourth-order valence-corrected chi connectivity index (χ4v) is 4.74. The number of hydrogen-bond donors (Lipinski definition) is 0. The van der Waals surface area contributed by atoms with Crippen molar-refractivity contribution >= 4 is 17.5 Å². The average Bonchev–Trinajstić information content (AvgIpc) is 3.50. The fourth-order valence-electron chi connectivity index (χ4n) is 4.74. The molecule has 0 atom stereocenters. The van der Waals surface area contributed by atoms with E-state index in [9.17, 15) is 4.79 Å². The summed E-state index contributed by atoms with van der Waals surface area (Å²) in [5.41, 5.74) is 4.63. The molecule has 0 aliphatic rings. The summed E-state index contributed by atoms with van der Waals surface area (Å²) in [5.74, 6) is 2.36. The highest BCUT2D eigenvalue weighted by molar-refractivity contribution is 6.07. The number of ether oxygens (including phenoxy) is 6. The summed E-state index contributed by atoms with van der Waals surface area (Å²) in [6, 6.07) is 20.5. The highest BCUT2D eigenvalue weighted by atomic mass is 16.5. The van der Waals surface area contributed by atoms with E-state index in [1.807, 2.05) is 54.6 Å². The minimum atomic E-state index is -0.270. The molecule has 0 amide bonds. The van der Waals surface area contributed by atoms with Crippen LogP contribution < -0.4 is 28.4 Å². The molecule has 0 fully saturated rings. The molecule has 0 saturated heterocycles. The summed E-state index contributed by atoms with van der Waals surface area (Å²) in [4.78, 5) is 18.1. The predicted octanol–water partition coefficient (Wildman–Crippen LogP) is 6.01. The Bertz CT molecular complexity index is 1760. The van der Waals surface area contributed by atoms with Crippen molar-refractivity contribution in [2.45, 2.75) is 0 Å². The highest BCUT2D eigenvalue weighted by Crippen LogP contribution is 2.42. The van der Waals surface area contributed by atoms with Crippen molar-refractivity contribution < 1.29 is 33.2 Å². The van der Waals surface area contributed by atoms with Crippen molar-refractivity contribution in [3.63, 3.8) is 0 Å². The van der Waals surface area contributed by atoms with Crippen LogP contribution in [0, 0.1) is 0 Å². The topological polar surface area (TPSA) is 103 Å². The van der Waals surface area contributed by atoms with Crippen LogP contribution in [0.2, 0.25) is 0 Å². The van der Waals surface area contributed by atoms with E-state index < -0.39 is 0 Å². The van der Waals surface area contributed by atoms with Gasteiger partial charge in [-0.1, -0.05) is 30.3 Å². The van der Waals surface area contributed by atoms with Gasteiger partial charge in [-0.3, -0.25) is 4.79 Å². The lowest BCUT2D eigenvalue weighted by Gasteiger charge is -2.15. The first-order chi connectivity index (χ1) is 20.9. The van der Waals surface area contributed by atoms with Gasteiger partial charge in [0.15, 0.2) is 34.4 Å². The summed E-state index contributed by atoms with van der Waals surface area (Å²) < 4.78 is 34.7. The number of aromatic nitrogens is 3. The summed E-state index contributed by atoms with van der Waals surface area (Å²) in [6.45, 7) is 0. The Morgan fingerprint density at radius 2 is 1.23 bits per heavy atom. The van der Waals surface area contributed by atoms with Crippen LogP contribution in [0.15, 0.2) is 72.8 Å². The Hall–Kier alpha value is -5.51. The van der Waals surface area contributed by atoms with E-state index in [0.29, 0.717) is 57.1 Å². The van der Waals surface area contributed by atoms with Crippen molar-refractivity contribution in [1.82, 2.24) is 14.6 Å². The van der Waals surface area contributed by atoms with Crippen molar-refractivity contribution in [2.24, 2.45) is 0 Å². The maximum atomic E-state index is 13.3. The predicted molar refractivity (Wildman–Crippen MR) is 163 cm³/mol. The third-order valence-corrected chi connectivity index (χ3v) is 6.83. The van der Waals surface area contributed by atoms with Crippen molar-refractivity contribution in [3.8, 4) is 57.0 Å². The molecule has 10 nitrogen and oxygen atoms in total. The molecule has 43 heavy (non-hydrogen) atoms. The monoisotopic (exact) mass is 581 g/mol. The van der Waals surface area contributed by atoms with E-state index in [0.717, 1.165) is 16.8 Å². The Kier molecular flexibility index (Phi) is 8.47. The first-order valence-electron chi connectivity index (χ1n) is 13.2. The molecular weight excluding hydrogens is 550 g/mol. The maximum absolute atomic E-state index is 13.3. The number of rotatable bonds is 11. The number of nitrogens with zero attached hydrogens (tertiary/aromatic N) is 3. The van der Waals surface area contributed by atoms with Gasteiger partial charge in [0.25, 0.3) is 0 Å². The Morgan fingerprint density at radius 3 is 1.77 bits per heavy atom. The number of carbonyl (C=O) groups excluding carboxylic acids is 1. The van der Waals surface area contributed by atoms with E-state index in [4.69, 9.17) is 38.5 Å². The molecular formula is C33H31N3O7. The Balaban J connectivity index is 1.64. The van der Waals surface area contributed by atoms with Gasteiger partial charge < -0.3 is 28.4 Å². The van der Waals surface area contributed by atoms with Crippen LogP contribution in [0.1, 0.15) is 16.1 Å². The van der Waals surface area contributed by atoms with Gasteiger partial charge in [0.1, 0.15) is 0 Å². The molecule has 3 aromatic carbocycles. The molecule has 0 unspecified atom stereocenters. The van der Waals surface area contributed by atoms with Crippen LogP contribution in [-0.4, -0.2) is 63.0 Å². The number of hydrogen-bond acceptors (Lipinski definition) is 9.